The van der Waals surface area contributed by atoms with E-state index in [9.17, 15) is 9.13 Å². The average molecular weight is 266 g/mol. The predicted molar refractivity (Wildman–Crippen MR) is 53.1 cm³/mol. The van der Waals surface area contributed by atoms with E-state index in [0.717, 1.165) is 0 Å². The highest BCUT2D eigenvalue weighted by Crippen LogP contribution is 2.59. The maximum Gasteiger partial charge on any atom is 0.343 e. The lowest BCUT2D eigenvalue weighted by Gasteiger charge is -2.16. The number of rotatable bonds is 4. The molecule has 9 N–H and O–H groups in total. The van der Waals surface area contributed by atoms with Crippen LogP contribution in [-0.2, 0) is 9.13 Å². The molecule has 0 amide bonds. The summed E-state index contributed by atoms with van der Waals surface area (Å²) in [5.74, 6) is 0. The maximum absolute atomic E-state index is 10.3. The molecule has 0 aromatic heterocycles. The van der Waals surface area contributed by atoms with E-state index in [1.807, 2.05) is 0 Å². The van der Waals surface area contributed by atoms with E-state index in [0.29, 0.717) is 13.1 Å². The lowest BCUT2D eigenvalue weighted by atomic mass is 10.7. The Bertz CT molecular complexity index is 223. The van der Waals surface area contributed by atoms with Gasteiger partial charge in [0.05, 0.1) is 6.61 Å². The molecule has 0 aromatic carbocycles. The van der Waals surface area contributed by atoms with Crippen molar-refractivity contribution in [2.45, 2.75) is 5.40 Å². The van der Waals surface area contributed by atoms with Gasteiger partial charge in [0.15, 0.2) is 5.40 Å². The van der Waals surface area contributed by atoms with Crippen molar-refractivity contribution >= 4 is 15.2 Å². The van der Waals surface area contributed by atoms with Crippen molar-refractivity contribution in [1.82, 2.24) is 0 Å². The highest BCUT2D eigenvalue weighted by Gasteiger charge is 2.42. The van der Waals surface area contributed by atoms with Gasteiger partial charge in [0.1, 0.15) is 0 Å². The average Bonchev–Trinajstić information content (AvgIpc) is 2.00. The molecule has 0 atom stereocenters. The molecular weight excluding hydrogens is 250 g/mol. The van der Waals surface area contributed by atoms with Crippen molar-refractivity contribution in [2.75, 3.05) is 19.7 Å². The van der Waals surface area contributed by atoms with E-state index in [1.54, 1.807) is 0 Å². The van der Waals surface area contributed by atoms with Crippen molar-refractivity contribution < 1.29 is 33.8 Å². The molecule has 0 bridgehead atoms. The monoisotopic (exact) mass is 266 g/mol. The van der Waals surface area contributed by atoms with Crippen LogP contribution in [-0.4, -0.2) is 49.8 Å². The van der Waals surface area contributed by atoms with Gasteiger partial charge in [0.2, 0.25) is 0 Å². The van der Waals surface area contributed by atoms with Crippen LogP contribution in [0.5, 0.6) is 0 Å². The molecule has 9 nitrogen and oxygen atoms in total. The van der Waals surface area contributed by atoms with Gasteiger partial charge in [-0.1, -0.05) is 0 Å². The Hall–Kier alpha value is 0.180. The number of hydrogen-bond donors (Lipinski definition) is 7. The van der Waals surface area contributed by atoms with E-state index < -0.39 is 27.2 Å². The zero-order valence-electron chi connectivity index (χ0n) is 7.80. The Kier molecular flexibility index (Phi) is 8.73. The second-order valence-electron chi connectivity index (χ2n) is 2.42. The van der Waals surface area contributed by atoms with Gasteiger partial charge in [-0.2, -0.15) is 0 Å². The zero-order valence-corrected chi connectivity index (χ0v) is 9.59. The number of aliphatic hydroxyl groups excluding tert-OH is 1. The first-order valence-corrected chi connectivity index (χ1v) is 7.09. The van der Waals surface area contributed by atoms with Gasteiger partial charge in [0.25, 0.3) is 0 Å². The van der Waals surface area contributed by atoms with E-state index in [4.69, 9.17) is 36.1 Å². The van der Waals surface area contributed by atoms with E-state index in [-0.39, 0.29) is 0 Å². The Morgan fingerprint density at radius 2 is 1.20 bits per heavy atom. The first-order valence-electron chi connectivity index (χ1n) is 3.72. The molecule has 0 radical (unpaired) electrons. The summed E-state index contributed by atoms with van der Waals surface area (Å²) in [5.41, 5.74) is 9.81. The fourth-order valence-corrected chi connectivity index (χ4v) is 2.40. The zero-order chi connectivity index (χ0) is 12.7. The van der Waals surface area contributed by atoms with Crippen LogP contribution in [0.3, 0.4) is 0 Å². The van der Waals surface area contributed by atoms with Gasteiger partial charge in [-0.3, -0.25) is 9.13 Å². The van der Waals surface area contributed by atoms with Crippen LogP contribution in [0.4, 0.5) is 0 Å². The van der Waals surface area contributed by atoms with E-state index in [1.165, 1.54) is 0 Å². The molecule has 94 valence electrons. The van der Waals surface area contributed by atoms with Gasteiger partial charge in [-0.25, -0.2) is 0 Å². The molecule has 0 aromatic rings. The molecule has 0 spiro atoms. The first kappa shape index (κ1) is 17.6. The summed E-state index contributed by atoms with van der Waals surface area (Å²) in [6.45, 7) is -0.0471. The van der Waals surface area contributed by atoms with Crippen molar-refractivity contribution in [1.29, 1.82) is 0 Å². The van der Waals surface area contributed by atoms with Crippen LogP contribution in [0, 0.1) is 0 Å². The molecule has 0 unspecified atom stereocenters. The minimum absolute atomic E-state index is 0.597. The summed E-state index contributed by atoms with van der Waals surface area (Å²) in [7, 11) is -9.82. The molecule has 0 aliphatic heterocycles. The smallest absolute Gasteiger partial charge is 0.343 e. The molecule has 0 aliphatic rings. The standard InChI is InChI=1S/C2H8N2.C2H8O7P2/c3-1-2-4;3-1-2(10(4,5)6)11(7,8)9/h1-4H2;2-3H,1H2,(H2,4,5,6)(H2,7,8,9). The topological polar surface area (TPSA) is 187 Å². The van der Waals surface area contributed by atoms with Crippen LogP contribution in [0.25, 0.3) is 0 Å². The minimum Gasteiger partial charge on any atom is -0.395 e. The number of hydrogen-bond acceptors (Lipinski definition) is 5. The van der Waals surface area contributed by atoms with Gasteiger partial charge in [-0.05, 0) is 0 Å². The number of aliphatic hydroxyl groups is 1. The van der Waals surface area contributed by atoms with Crippen LogP contribution >= 0.6 is 15.2 Å². The summed E-state index contributed by atoms with van der Waals surface area (Å²) in [5, 5.41) is 5.92. The Morgan fingerprint density at radius 3 is 1.20 bits per heavy atom. The summed E-state index contributed by atoms with van der Waals surface area (Å²) >= 11 is 0. The van der Waals surface area contributed by atoms with Crippen LogP contribution < -0.4 is 11.5 Å². The fraction of sp³-hybridized carbons (Fsp3) is 1.00. The predicted octanol–water partition coefficient (Wildman–Crippen LogP) is -2.44. The van der Waals surface area contributed by atoms with Crippen molar-refractivity contribution in [2.24, 2.45) is 11.5 Å². The van der Waals surface area contributed by atoms with Crippen molar-refractivity contribution in [3.05, 3.63) is 0 Å². The lowest BCUT2D eigenvalue weighted by Crippen LogP contribution is -2.13. The molecule has 0 saturated carbocycles. The Morgan fingerprint density at radius 1 is 0.933 bits per heavy atom. The summed E-state index contributed by atoms with van der Waals surface area (Å²) in [6.07, 6.45) is 0. The molecular formula is C4H16N2O7P2. The molecule has 0 saturated heterocycles. The van der Waals surface area contributed by atoms with E-state index >= 15 is 0 Å². The first-order chi connectivity index (χ1) is 6.61. The Labute approximate surface area is 86.4 Å². The molecule has 0 rings (SSSR count). The van der Waals surface area contributed by atoms with E-state index in [2.05, 4.69) is 0 Å². The highest BCUT2D eigenvalue weighted by molar-refractivity contribution is 7.70. The largest absolute Gasteiger partial charge is 0.395 e. The fourth-order valence-electron chi connectivity index (χ4n) is 0.409. The van der Waals surface area contributed by atoms with Crippen LogP contribution in [0.2, 0.25) is 0 Å². The molecule has 15 heavy (non-hydrogen) atoms. The molecule has 11 heteroatoms. The van der Waals surface area contributed by atoms with Gasteiger partial charge < -0.3 is 36.1 Å². The third kappa shape index (κ3) is 9.13. The third-order valence-corrected chi connectivity index (χ3v) is 4.79. The van der Waals surface area contributed by atoms with Crippen LogP contribution in [0.15, 0.2) is 0 Å². The molecule has 0 fully saturated rings. The van der Waals surface area contributed by atoms with Gasteiger partial charge >= 0.3 is 15.2 Å². The SMILES string of the molecule is NCCN.O=P(O)(O)C(CO)P(=O)(O)O. The summed E-state index contributed by atoms with van der Waals surface area (Å²) in [4.78, 5) is 33.1. The quantitative estimate of drug-likeness (QED) is 0.271. The lowest BCUT2D eigenvalue weighted by molar-refractivity contribution is 0.266. The van der Waals surface area contributed by atoms with Crippen molar-refractivity contribution in [3.8, 4) is 0 Å². The summed E-state index contributed by atoms with van der Waals surface area (Å²) in [6, 6.07) is 0. The second kappa shape index (κ2) is 7.45. The maximum atomic E-state index is 10.3. The van der Waals surface area contributed by atoms with Crippen molar-refractivity contribution in [3.63, 3.8) is 0 Å². The minimum atomic E-state index is -4.91. The van der Waals surface area contributed by atoms with Gasteiger partial charge in [0, 0.05) is 13.1 Å². The summed E-state index contributed by atoms with van der Waals surface area (Å²) < 4.78 is 20.5. The van der Waals surface area contributed by atoms with Gasteiger partial charge in [-0.15, -0.1) is 0 Å². The molecule has 0 heterocycles. The Balaban J connectivity index is 0. The van der Waals surface area contributed by atoms with Crippen LogP contribution in [0.1, 0.15) is 0 Å². The normalized spacial score (nSPS) is 12.3. The highest BCUT2D eigenvalue weighted by atomic mass is 31.2. The molecule has 0 aliphatic carbocycles. The third-order valence-electron chi connectivity index (χ3n) is 1.11. The number of nitrogens with two attached hydrogens (primary N) is 2. The second-order valence-corrected chi connectivity index (χ2v) is 6.43.